The van der Waals surface area contributed by atoms with Crippen LogP contribution in [0.4, 0.5) is 13.2 Å². The quantitative estimate of drug-likeness (QED) is 0.740. The Hall–Kier alpha value is -2.39. The van der Waals surface area contributed by atoms with Crippen LogP contribution in [-0.4, -0.2) is 31.9 Å². The number of hydrogen-bond donors (Lipinski definition) is 2. The molecule has 0 spiro atoms. The SMILES string of the molecule is O=C(O)Cn1c(CCCC(F)(F)F)nc(-c2ccc(Cl)cc2CO)cc1=O. The molecular formula is C17H16ClF3N2O4. The third kappa shape index (κ3) is 5.80. The Morgan fingerprint density at radius 2 is 1.96 bits per heavy atom. The fourth-order valence-electron chi connectivity index (χ4n) is 2.58. The summed E-state index contributed by atoms with van der Waals surface area (Å²) < 4.78 is 38.0. The summed E-state index contributed by atoms with van der Waals surface area (Å²) in [5.74, 6) is -1.38. The van der Waals surface area contributed by atoms with E-state index in [0.717, 1.165) is 10.6 Å². The Balaban J connectivity index is 2.49. The van der Waals surface area contributed by atoms with Gasteiger partial charge in [0.2, 0.25) is 0 Å². The number of carboxylic acid groups (broad SMARTS) is 1. The van der Waals surface area contributed by atoms with E-state index in [4.69, 9.17) is 16.7 Å². The molecule has 0 aliphatic carbocycles. The van der Waals surface area contributed by atoms with Crippen LogP contribution >= 0.6 is 11.6 Å². The molecule has 0 atom stereocenters. The molecule has 1 aromatic heterocycles. The second-order valence-electron chi connectivity index (χ2n) is 5.80. The molecule has 0 bridgehead atoms. The maximum absolute atomic E-state index is 12.4. The normalized spacial score (nSPS) is 11.6. The van der Waals surface area contributed by atoms with Crippen molar-refractivity contribution >= 4 is 17.6 Å². The van der Waals surface area contributed by atoms with E-state index in [1.54, 1.807) is 0 Å². The van der Waals surface area contributed by atoms with E-state index in [1.807, 2.05) is 0 Å². The topological polar surface area (TPSA) is 92.4 Å². The van der Waals surface area contributed by atoms with Gasteiger partial charge >= 0.3 is 12.1 Å². The van der Waals surface area contributed by atoms with Gasteiger partial charge in [-0.15, -0.1) is 0 Å². The molecule has 10 heteroatoms. The zero-order chi connectivity index (χ0) is 20.2. The van der Waals surface area contributed by atoms with Crippen molar-refractivity contribution < 1.29 is 28.2 Å². The third-order valence-corrected chi connectivity index (χ3v) is 3.99. The van der Waals surface area contributed by atoms with Gasteiger partial charge in [-0.05, 0) is 24.1 Å². The van der Waals surface area contributed by atoms with E-state index in [0.29, 0.717) is 16.1 Å². The number of halogens is 4. The van der Waals surface area contributed by atoms with E-state index >= 15 is 0 Å². The first-order valence-corrected chi connectivity index (χ1v) is 8.27. The number of nitrogens with zero attached hydrogens (tertiary/aromatic N) is 2. The highest BCUT2D eigenvalue weighted by molar-refractivity contribution is 6.30. The fourth-order valence-corrected chi connectivity index (χ4v) is 2.77. The van der Waals surface area contributed by atoms with Crippen molar-refractivity contribution in [3.8, 4) is 11.3 Å². The molecule has 0 aliphatic heterocycles. The second kappa shape index (κ2) is 8.53. The van der Waals surface area contributed by atoms with Crippen molar-refractivity contribution in [3.05, 3.63) is 51.0 Å². The maximum Gasteiger partial charge on any atom is 0.389 e. The highest BCUT2D eigenvalue weighted by atomic mass is 35.5. The molecule has 27 heavy (non-hydrogen) atoms. The predicted octanol–water partition coefficient (Wildman–Crippen LogP) is 3.03. The van der Waals surface area contributed by atoms with Crippen LogP contribution in [-0.2, 0) is 24.4 Å². The Morgan fingerprint density at radius 3 is 2.56 bits per heavy atom. The van der Waals surface area contributed by atoms with Crippen molar-refractivity contribution in [2.24, 2.45) is 0 Å². The number of carboxylic acids is 1. The number of aryl methyl sites for hydroxylation is 1. The lowest BCUT2D eigenvalue weighted by Crippen LogP contribution is -2.28. The zero-order valence-corrected chi connectivity index (χ0v) is 14.7. The number of aliphatic carboxylic acids is 1. The van der Waals surface area contributed by atoms with E-state index < -0.39 is 30.7 Å². The van der Waals surface area contributed by atoms with Gasteiger partial charge in [0.1, 0.15) is 12.4 Å². The first kappa shape index (κ1) is 20.9. The van der Waals surface area contributed by atoms with Crippen LogP contribution in [0, 0.1) is 0 Å². The molecular weight excluding hydrogens is 389 g/mol. The average molecular weight is 405 g/mol. The van der Waals surface area contributed by atoms with E-state index in [2.05, 4.69) is 4.98 Å². The van der Waals surface area contributed by atoms with Crippen molar-refractivity contribution in [1.29, 1.82) is 0 Å². The molecule has 146 valence electrons. The number of benzene rings is 1. The summed E-state index contributed by atoms with van der Waals surface area (Å²) in [5, 5.41) is 18.8. The number of rotatable bonds is 7. The van der Waals surface area contributed by atoms with Gasteiger partial charge in [-0.1, -0.05) is 17.7 Å². The lowest BCUT2D eigenvalue weighted by Gasteiger charge is -2.14. The van der Waals surface area contributed by atoms with Crippen molar-refractivity contribution in [3.63, 3.8) is 0 Å². The monoisotopic (exact) mass is 404 g/mol. The fraction of sp³-hybridized carbons (Fsp3) is 0.353. The van der Waals surface area contributed by atoms with Crippen molar-refractivity contribution in [1.82, 2.24) is 9.55 Å². The second-order valence-corrected chi connectivity index (χ2v) is 6.24. The minimum Gasteiger partial charge on any atom is -0.480 e. The molecule has 0 unspecified atom stereocenters. The number of carbonyl (C=O) groups is 1. The lowest BCUT2D eigenvalue weighted by atomic mass is 10.0. The molecule has 1 aromatic carbocycles. The number of aliphatic hydroxyl groups is 1. The first-order valence-electron chi connectivity index (χ1n) is 7.89. The number of aromatic nitrogens is 2. The third-order valence-electron chi connectivity index (χ3n) is 3.75. The standard InChI is InChI=1S/C17H16ClF3N2O4/c18-11-3-4-12(10(6-11)9-24)13-7-15(25)23(8-16(26)27)14(22-13)2-1-5-17(19,20)21/h3-4,6-7,24H,1-2,5,8-9H2,(H,26,27). The molecule has 1 heterocycles. The lowest BCUT2D eigenvalue weighted by molar-refractivity contribution is -0.138. The molecule has 2 N–H and O–H groups in total. The molecule has 6 nitrogen and oxygen atoms in total. The van der Waals surface area contributed by atoms with Crippen LogP contribution in [0.5, 0.6) is 0 Å². The molecule has 0 saturated carbocycles. The molecule has 0 radical (unpaired) electrons. The highest BCUT2D eigenvalue weighted by Gasteiger charge is 2.26. The van der Waals surface area contributed by atoms with Gasteiger partial charge in [0.05, 0.1) is 12.3 Å². The number of alkyl halides is 3. The largest absolute Gasteiger partial charge is 0.480 e. The van der Waals surface area contributed by atoms with E-state index in [9.17, 15) is 27.9 Å². The Kier molecular flexibility index (Phi) is 6.61. The van der Waals surface area contributed by atoms with Gasteiger partial charge in [-0.3, -0.25) is 14.2 Å². The molecule has 2 aromatic rings. The van der Waals surface area contributed by atoms with Gasteiger partial charge < -0.3 is 10.2 Å². The van der Waals surface area contributed by atoms with Crippen LogP contribution < -0.4 is 5.56 Å². The summed E-state index contributed by atoms with van der Waals surface area (Å²) in [6.45, 7) is -1.10. The van der Waals surface area contributed by atoms with Crippen LogP contribution in [0.15, 0.2) is 29.1 Å². The van der Waals surface area contributed by atoms with Crippen molar-refractivity contribution in [2.75, 3.05) is 0 Å². The van der Waals surface area contributed by atoms with E-state index in [-0.39, 0.29) is 31.0 Å². The van der Waals surface area contributed by atoms with Gasteiger partial charge in [0.25, 0.3) is 5.56 Å². The van der Waals surface area contributed by atoms with Gasteiger partial charge in [0, 0.05) is 29.5 Å². The summed E-state index contributed by atoms with van der Waals surface area (Å²) in [6, 6.07) is 5.60. The van der Waals surface area contributed by atoms with Gasteiger partial charge in [-0.25, -0.2) is 4.98 Å². The Bertz CT molecular complexity index is 897. The summed E-state index contributed by atoms with van der Waals surface area (Å²) in [4.78, 5) is 27.5. The maximum atomic E-state index is 12.4. The summed E-state index contributed by atoms with van der Waals surface area (Å²) in [5.41, 5.74) is 0.192. The summed E-state index contributed by atoms with van der Waals surface area (Å²) in [6.07, 6.45) is -6.01. The highest BCUT2D eigenvalue weighted by Crippen LogP contribution is 2.26. The molecule has 0 saturated heterocycles. The minimum atomic E-state index is -4.37. The molecule has 0 fully saturated rings. The van der Waals surface area contributed by atoms with E-state index in [1.165, 1.54) is 18.2 Å². The summed E-state index contributed by atoms with van der Waals surface area (Å²) >= 11 is 5.87. The zero-order valence-electron chi connectivity index (χ0n) is 14.0. The van der Waals surface area contributed by atoms with Crippen LogP contribution in [0.25, 0.3) is 11.3 Å². The predicted molar refractivity (Wildman–Crippen MR) is 91.5 cm³/mol. The number of aliphatic hydroxyl groups excluding tert-OH is 1. The molecule has 0 amide bonds. The Morgan fingerprint density at radius 1 is 1.26 bits per heavy atom. The summed E-state index contributed by atoms with van der Waals surface area (Å²) in [7, 11) is 0. The van der Waals surface area contributed by atoms with Crippen LogP contribution in [0.3, 0.4) is 0 Å². The van der Waals surface area contributed by atoms with Crippen LogP contribution in [0.1, 0.15) is 24.2 Å². The minimum absolute atomic E-state index is 0.0667. The first-order chi connectivity index (χ1) is 12.6. The Labute approximate surface area is 156 Å². The number of hydrogen-bond acceptors (Lipinski definition) is 4. The smallest absolute Gasteiger partial charge is 0.389 e. The molecule has 0 aliphatic rings. The average Bonchev–Trinajstić information content (AvgIpc) is 2.56. The van der Waals surface area contributed by atoms with Crippen LogP contribution in [0.2, 0.25) is 5.02 Å². The molecule has 2 rings (SSSR count). The van der Waals surface area contributed by atoms with Gasteiger partial charge in [-0.2, -0.15) is 13.2 Å². The van der Waals surface area contributed by atoms with Crippen molar-refractivity contribution in [2.45, 2.75) is 38.6 Å². The van der Waals surface area contributed by atoms with Gasteiger partial charge in [0.15, 0.2) is 0 Å².